The predicted molar refractivity (Wildman–Crippen MR) is 70.5 cm³/mol. The highest BCUT2D eigenvalue weighted by molar-refractivity contribution is 5.89. The van der Waals surface area contributed by atoms with Crippen molar-refractivity contribution in [2.24, 2.45) is 4.99 Å². The molecule has 0 unspecified atom stereocenters. The maximum Gasteiger partial charge on any atom is 0.0273 e. The molecule has 2 rings (SSSR count). The van der Waals surface area contributed by atoms with E-state index in [-0.39, 0.29) is 0 Å². The SMILES string of the molecule is CC1=C\C(c2ccc(C)cc2)=C/C=N/C=C\1. The van der Waals surface area contributed by atoms with Crippen LogP contribution >= 0.6 is 0 Å². The molecule has 1 nitrogen and oxygen atoms in total. The summed E-state index contributed by atoms with van der Waals surface area (Å²) in [7, 11) is 0. The number of allylic oxidation sites excluding steroid dienone is 5. The van der Waals surface area contributed by atoms with Crippen LogP contribution in [0, 0.1) is 6.92 Å². The van der Waals surface area contributed by atoms with Crippen molar-refractivity contribution in [1.82, 2.24) is 0 Å². The van der Waals surface area contributed by atoms with Gasteiger partial charge in [-0.15, -0.1) is 0 Å². The first-order chi connectivity index (χ1) is 7.75. The van der Waals surface area contributed by atoms with E-state index in [1.165, 1.54) is 22.3 Å². The average Bonchev–Trinajstić information content (AvgIpc) is 2.24. The van der Waals surface area contributed by atoms with Gasteiger partial charge in [0.15, 0.2) is 0 Å². The highest BCUT2D eigenvalue weighted by Crippen LogP contribution is 2.19. The molecule has 1 aliphatic heterocycles. The van der Waals surface area contributed by atoms with Gasteiger partial charge in [0.05, 0.1) is 0 Å². The first-order valence-electron chi connectivity index (χ1n) is 5.41. The van der Waals surface area contributed by atoms with E-state index >= 15 is 0 Å². The highest BCUT2D eigenvalue weighted by atomic mass is 14.7. The largest absolute Gasteiger partial charge is 0.265 e. The van der Waals surface area contributed by atoms with Crippen molar-refractivity contribution in [3.63, 3.8) is 0 Å². The lowest BCUT2D eigenvalue weighted by Gasteiger charge is -2.04. The van der Waals surface area contributed by atoms with Crippen LogP contribution in [0.25, 0.3) is 5.57 Å². The second-order valence-electron chi connectivity index (χ2n) is 3.99. The van der Waals surface area contributed by atoms with E-state index in [0.717, 1.165) is 0 Å². The second kappa shape index (κ2) is 4.75. The van der Waals surface area contributed by atoms with Crippen molar-refractivity contribution in [1.29, 1.82) is 0 Å². The molecule has 1 heterocycles. The third-order valence-corrected chi connectivity index (χ3v) is 2.53. The van der Waals surface area contributed by atoms with Gasteiger partial charge in [-0.25, -0.2) is 0 Å². The number of benzene rings is 1. The molecule has 80 valence electrons. The third kappa shape index (κ3) is 2.57. The fourth-order valence-electron chi connectivity index (χ4n) is 1.60. The summed E-state index contributed by atoms with van der Waals surface area (Å²) in [5.74, 6) is 0. The van der Waals surface area contributed by atoms with Gasteiger partial charge in [0.25, 0.3) is 0 Å². The summed E-state index contributed by atoms with van der Waals surface area (Å²) < 4.78 is 0. The zero-order chi connectivity index (χ0) is 11.4. The van der Waals surface area contributed by atoms with Gasteiger partial charge in [0.2, 0.25) is 0 Å². The van der Waals surface area contributed by atoms with Crippen molar-refractivity contribution in [2.75, 3.05) is 0 Å². The molecule has 0 atom stereocenters. The van der Waals surface area contributed by atoms with E-state index in [0.29, 0.717) is 0 Å². The molecule has 0 aliphatic carbocycles. The van der Waals surface area contributed by atoms with Crippen LogP contribution in [0.2, 0.25) is 0 Å². The molecule has 0 N–H and O–H groups in total. The summed E-state index contributed by atoms with van der Waals surface area (Å²) in [5.41, 5.74) is 4.92. The summed E-state index contributed by atoms with van der Waals surface area (Å²) in [6.07, 6.45) is 9.87. The summed E-state index contributed by atoms with van der Waals surface area (Å²) in [6, 6.07) is 8.55. The monoisotopic (exact) mass is 209 g/mol. The van der Waals surface area contributed by atoms with Gasteiger partial charge in [-0.3, -0.25) is 4.99 Å². The third-order valence-electron chi connectivity index (χ3n) is 2.53. The maximum absolute atomic E-state index is 4.15. The van der Waals surface area contributed by atoms with Gasteiger partial charge in [0.1, 0.15) is 0 Å². The number of hydrogen-bond donors (Lipinski definition) is 0. The van der Waals surface area contributed by atoms with Crippen LogP contribution in [0.3, 0.4) is 0 Å². The zero-order valence-electron chi connectivity index (χ0n) is 9.64. The lowest BCUT2D eigenvalue weighted by molar-refractivity contribution is 1.44. The van der Waals surface area contributed by atoms with Crippen LogP contribution in [-0.4, -0.2) is 6.21 Å². The molecule has 0 aromatic heterocycles. The van der Waals surface area contributed by atoms with E-state index in [4.69, 9.17) is 0 Å². The van der Waals surface area contributed by atoms with Gasteiger partial charge < -0.3 is 0 Å². The molecule has 0 fully saturated rings. The molecule has 0 saturated carbocycles. The minimum Gasteiger partial charge on any atom is -0.265 e. The lowest BCUT2D eigenvalue weighted by atomic mass is 10.0. The smallest absolute Gasteiger partial charge is 0.0273 e. The fraction of sp³-hybridized carbons (Fsp3) is 0.133. The first kappa shape index (κ1) is 10.6. The maximum atomic E-state index is 4.15. The van der Waals surface area contributed by atoms with E-state index in [1.54, 1.807) is 0 Å². The molecule has 16 heavy (non-hydrogen) atoms. The van der Waals surface area contributed by atoms with E-state index in [9.17, 15) is 0 Å². The Labute approximate surface area is 96.5 Å². The predicted octanol–water partition coefficient (Wildman–Crippen LogP) is 3.92. The van der Waals surface area contributed by atoms with Crippen LogP contribution < -0.4 is 0 Å². The Morgan fingerprint density at radius 1 is 1.00 bits per heavy atom. The minimum atomic E-state index is 1.20. The number of rotatable bonds is 1. The van der Waals surface area contributed by atoms with Crippen molar-refractivity contribution in [3.8, 4) is 0 Å². The molecular formula is C15H15N. The fourth-order valence-corrected chi connectivity index (χ4v) is 1.60. The number of aryl methyl sites for hydroxylation is 1. The molecule has 1 heteroatoms. The van der Waals surface area contributed by atoms with E-state index in [1.807, 2.05) is 24.6 Å². The van der Waals surface area contributed by atoms with E-state index in [2.05, 4.69) is 49.2 Å². The Bertz CT molecular complexity index is 485. The standard InChI is InChI=1S/C15H15N/c1-12-3-5-14(6-4-12)15-8-10-16-9-7-13(2)11-15/h3-11H,1-2H3/b9-7-,10-8?,13-7?,13-11+,15-8+,15-11?,16-9?,16-10+. The average molecular weight is 209 g/mol. The van der Waals surface area contributed by atoms with Gasteiger partial charge in [-0.1, -0.05) is 35.9 Å². The molecule has 0 spiro atoms. The number of aliphatic imine (C=N–C) groups is 1. The van der Waals surface area contributed by atoms with Crippen LogP contribution in [0.4, 0.5) is 0 Å². The molecular weight excluding hydrogens is 194 g/mol. The molecule has 0 amide bonds. The zero-order valence-corrected chi connectivity index (χ0v) is 9.64. The van der Waals surface area contributed by atoms with Crippen LogP contribution in [0.15, 0.2) is 59.3 Å². The minimum absolute atomic E-state index is 1.20. The lowest BCUT2D eigenvalue weighted by Crippen LogP contribution is -1.85. The Morgan fingerprint density at radius 3 is 2.50 bits per heavy atom. The van der Waals surface area contributed by atoms with Gasteiger partial charge in [-0.05, 0) is 42.7 Å². The number of hydrogen-bond acceptors (Lipinski definition) is 1. The second-order valence-corrected chi connectivity index (χ2v) is 3.99. The summed E-state index contributed by atoms with van der Waals surface area (Å²) in [5, 5.41) is 0. The Morgan fingerprint density at radius 2 is 1.75 bits per heavy atom. The summed E-state index contributed by atoms with van der Waals surface area (Å²) in [6.45, 7) is 4.18. The van der Waals surface area contributed by atoms with E-state index < -0.39 is 0 Å². The van der Waals surface area contributed by atoms with Crippen molar-refractivity contribution in [2.45, 2.75) is 13.8 Å². The first-order valence-corrected chi connectivity index (χ1v) is 5.41. The normalized spacial score (nSPS) is 25.6. The molecule has 0 bridgehead atoms. The van der Waals surface area contributed by atoms with Crippen molar-refractivity contribution < 1.29 is 0 Å². The van der Waals surface area contributed by atoms with Crippen LogP contribution in [0.1, 0.15) is 18.1 Å². The summed E-state index contributed by atoms with van der Waals surface area (Å²) >= 11 is 0. The Kier molecular flexibility index (Phi) is 3.16. The van der Waals surface area contributed by atoms with Crippen LogP contribution in [-0.2, 0) is 0 Å². The topological polar surface area (TPSA) is 12.4 Å². The van der Waals surface area contributed by atoms with Crippen molar-refractivity contribution in [3.05, 3.63) is 65.4 Å². The van der Waals surface area contributed by atoms with Crippen molar-refractivity contribution >= 4 is 11.8 Å². The summed E-state index contributed by atoms with van der Waals surface area (Å²) in [4.78, 5) is 4.15. The van der Waals surface area contributed by atoms with Gasteiger partial charge in [0, 0.05) is 12.4 Å². The Balaban J connectivity index is 2.39. The van der Waals surface area contributed by atoms with Crippen LogP contribution in [0.5, 0.6) is 0 Å². The quantitative estimate of drug-likeness (QED) is 0.664. The Hall–Kier alpha value is -1.89. The molecule has 1 aromatic rings. The molecule has 1 aliphatic rings. The van der Waals surface area contributed by atoms with Gasteiger partial charge >= 0.3 is 0 Å². The molecule has 1 aromatic carbocycles. The molecule has 0 saturated heterocycles. The van der Waals surface area contributed by atoms with Gasteiger partial charge in [-0.2, -0.15) is 0 Å². The highest BCUT2D eigenvalue weighted by Gasteiger charge is 1.98. The molecule has 0 radical (unpaired) electrons. The number of nitrogens with zero attached hydrogens (tertiary/aromatic N) is 1.